The lowest BCUT2D eigenvalue weighted by molar-refractivity contribution is 0.103. The van der Waals surface area contributed by atoms with Crippen molar-refractivity contribution in [1.29, 1.82) is 0 Å². The molecule has 6 heteroatoms. The molecule has 1 saturated heterocycles. The molecule has 0 aromatic carbocycles. The number of β-amino-alcohol motifs (C(OH)–C–C–N with tert-alkyl or cyclic N) is 1. The van der Waals surface area contributed by atoms with Gasteiger partial charge in [-0.05, 0) is 13.8 Å². The van der Waals surface area contributed by atoms with Crippen molar-refractivity contribution < 1.29 is 13.5 Å². The minimum absolute atomic E-state index is 0.170. The molecule has 90 valence electrons. The molecule has 1 aliphatic rings. The van der Waals surface area contributed by atoms with Crippen LogP contribution in [0.1, 0.15) is 13.8 Å². The third kappa shape index (κ3) is 3.71. The van der Waals surface area contributed by atoms with Crippen LogP contribution in [0.25, 0.3) is 0 Å². The zero-order valence-electron chi connectivity index (χ0n) is 9.39. The lowest BCUT2D eigenvalue weighted by Crippen LogP contribution is -2.50. The molecule has 1 aliphatic heterocycles. The first-order valence-electron chi connectivity index (χ1n) is 5.34. The van der Waals surface area contributed by atoms with E-state index in [-0.39, 0.29) is 11.9 Å². The predicted molar refractivity (Wildman–Crippen MR) is 59.2 cm³/mol. The fourth-order valence-electron chi connectivity index (χ4n) is 1.75. The summed E-state index contributed by atoms with van der Waals surface area (Å²) in [6, 6.07) is 0. The van der Waals surface area contributed by atoms with Crippen molar-refractivity contribution in [3.05, 3.63) is 0 Å². The van der Waals surface area contributed by atoms with Crippen LogP contribution in [-0.4, -0.2) is 67.3 Å². The number of piperazine rings is 1. The first-order chi connectivity index (χ1) is 6.95. The molecule has 1 heterocycles. The average molecular weight is 236 g/mol. The largest absolute Gasteiger partial charge is 0.392 e. The summed E-state index contributed by atoms with van der Waals surface area (Å²) in [6.07, 6.45) is -0.348. The molecule has 0 aromatic heterocycles. The Bertz CT molecular complexity index is 282. The average Bonchev–Trinajstić information content (AvgIpc) is 2.18. The van der Waals surface area contributed by atoms with Gasteiger partial charge in [0.25, 0.3) is 0 Å². The molecule has 0 aliphatic carbocycles. The molecule has 0 aromatic rings. The fourth-order valence-corrected chi connectivity index (χ4v) is 2.83. The molecular weight excluding hydrogens is 216 g/mol. The predicted octanol–water partition coefficient (Wildman–Crippen LogP) is -0.665. The van der Waals surface area contributed by atoms with Crippen LogP contribution >= 0.6 is 0 Å². The van der Waals surface area contributed by atoms with Gasteiger partial charge >= 0.3 is 0 Å². The zero-order chi connectivity index (χ0) is 11.5. The minimum atomic E-state index is -3.03. The van der Waals surface area contributed by atoms with E-state index < -0.39 is 10.0 Å². The summed E-state index contributed by atoms with van der Waals surface area (Å²) in [5, 5.41) is 9.20. The molecule has 1 unspecified atom stereocenters. The third-order valence-corrected chi connectivity index (χ3v) is 4.49. The Kier molecular flexibility index (Phi) is 4.51. The maximum atomic E-state index is 11.5. The van der Waals surface area contributed by atoms with Crippen LogP contribution in [0.4, 0.5) is 0 Å². The van der Waals surface area contributed by atoms with Crippen LogP contribution in [0.5, 0.6) is 0 Å². The Balaban J connectivity index is 2.43. The summed E-state index contributed by atoms with van der Waals surface area (Å²) in [7, 11) is -3.03. The number of nitrogens with zero attached hydrogens (tertiary/aromatic N) is 2. The standard InChI is InChI=1S/C9H20N2O3S/c1-3-15(13,14)11-6-4-10(5-7-11)8-9(2)12/h9,12H,3-8H2,1-2H3. The second-order valence-electron chi connectivity index (χ2n) is 3.95. The molecule has 5 nitrogen and oxygen atoms in total. The summed E-state index contributed by atoms with van der Waals surface area (Å²) in [5.41, 5.74) is 0. The Morgan fingerprint density at radius 1 is 1.27 bits per heavy atom. The maximum absolute atomic E-state index is 11.5. The Labute approximate surface area is 91.7 Å². The molecule has 1 rings (SSSR count). The van der Waals surface area contributed by atoms with Crippen LogP contribution in [0.3, 0.4) is 0 Å². The number of rotatable bonds is 4. The molecule has 1 atom stereocenters. The van der Waals surface area contributed by atoms with E-state index in [0.717, 1.165) is 0 Å². The van der Waals surface area contributed by atoms with Gasteiger partial charge in [0.05, 0.1) is 11.9 Å². The van der Waals surface area contributed by atoms with Gasteiger partial charge in [-0.25, -0.2) is 8.42 Å². The highest BCUT2D eigenvalue weighted by molar-refractivity contribution is 7.89. The number of sulfonamides is 1. The lowest BCUT2D eigenvalue weighted by atomic mass is 10.3. The van der Waals surface area contributed by atoms with Gasteiger partial charge in [-0.15, -0.1) is 0 Å². The van der Waals surface area contributed by atoms with Crippen molar-refractivity contribution in [2.75, 3.05) is 38.5 Å². The molecule has 0 saturated carbocycles. The van der Waals surface area contributed by atoms with Gasteiger partial charge in [-0.2, -0.15) is 4.31 Å². The van der Waals surface area contributed by atoms with E-state index >= 15 is 0 Å². The van der Waals surface area contributed by atoms with Gasteiger partial charge < -0.3 is 5.11 Å². The molecule has 0 spiro atoms. The minimum Gasteiger partial charge on any atom is -0.392 e. The molecule has 15 heavy (non-hydrogen) atoms. The first kappa shape index (κ1) is 12.9. The summed E-state index contributed by atoms with van der Waals surface area (Å²) in [5.74, 6) is 0.170. The quantitative estimate of drug-likeness (QED) is 0.703. The Morgan fingerprint density at radius 2 is 1.80 bits per heavy atom. The van der Waals surface area contributed by atoms with E-state index in [1.54, 1.807) is 13.8 Å². The Hall–Kier alpha value is -0.170. The van der Waals surface area contributed by atoms with Gasteiger partial charge in [-0.3, -0.25) is 4.90 Å². The van der Waals surface area contributed by atoms with Crippen LogP contribution < -0.4 is 0 Å². The van der Waals surface area contributed by atoms with E-state index in [9.17, 15) is 13.5 Å². The smallest absolute Gasteiger partial charge is 0.213 e. The SMILES string of the molecule is CCS(=O)(=O)N1CCN(CC(C)O)CC1. The van der Waals surface area contributed by atoms with E-state index in [1.165, 1.54) is 4.31 Å². The summed E-state index contributed by atoms with van der Waals surface area (Å²) >= 11 is 0. The monoisotopic (exact) mass is 236 g/mol. The summed E-state index contributed by atoms with van der Waals surface area (Å²) in [6.45, 7) is 6.55. The van der Waals surface area contributed by atoms with E-state index in [1.807, 2.05) is 0 Å². The molecule has 0 amide bonds. The van der Waals surface area contributed by atoms with Crippen LogP contribution in [-0.2, 0) is 10.0 Å². The fraction of sp³-hybridized carbons (Fsp3) is 1.00. The molecular formula is C9H20N2O3S. The van der Waals surface area contributed by atoms with Gasteiger partial charge in [-0.1, -0.05) is 0 Å². The third-order valence-electron chi connectivity index (χ3n) is 2.61. The van der Waals surface area contributed by atoms with Crippen molar-refractivity contribution in [3.63, 3.8) is 0 Å². The van der Waals surface area contributed by atoms with E-state index in [4.69, 9.17) is 0 Å². The second kappa shape index (κ2) is 5.25. The van der Waals surface area contributed by atoms with Gasteiger partial charge in [0.15, 0.2) is 0 Å². The van der Waals surface area contributed by atoms with E-state index in [0.29, 0.717) is 32.7 Å². The highest BCUT2D eigenvalue weighted by atomic mass is 32.2. The van der Waals surface area contributed by atoms with Crippen molar-refractivity contribution in [2.24, 2.45) is 0 Å². The lowest BCUT2D eigenvalue weighted by Gasteiger charge is -2.34. The van der Waals surface area contributed by atoms with E-state index in [2.05, 4.69) is 4.90 Å². The first-order valence-corrected chi connectivity index (χ1v) is 6.95. The Morgan fingerprint density at radius 3 is 2.20 bits per heavy atom. The number of hydrogen-bond donors (Lipinski definition) is 1. The number of hydrogen-bond acceptors (Lipinski definition) is 4. The van der Waals surface area contributed by atoms with Gasteiger partial charge in [0.1, 0.15) is 0 Å². The van der Waals surface area contributed by atoms with Crippen LogP contribution in [0.15, 0.2) is 0 Å². The summed E-state index contributed by atoms with van der Waals surface area (Å²) < 4.78 is 24.6. The maximum Gasteiger partial charge on any atom is 0.213 e. The second-order valence-corrected chi connectivity index (χ2v) is 6.21. The van der Waals surface area contributed by atoms with Crippen molar-refractivity contribution in [1.82, 2.24) is 9.21 Å². The van der Waals surface area contributed by atoms with Gasteiger partial charge in [0, 0.05) is 32.7 Å². The highest BCUT2D eigenvalue weighted by Crippen LogP contribution is 2.08. The van der Waals surface area contributed by atoms with Crippen LogP contribution in [0.2, 0.25) is 0 Å². The summed E-state index contributed by atoms with van der Waals surface area (Å²) in [4.78, 5) is 2.09. The molecule has 0 bridgehead atoms. The van der Waals surface area contributed by atoms with Crippen molar-refractivity contribution in [2.45, 2.75) is 20.0 Å². The normalized spacial score (nSPS) is 22.9. The zero-order valence-corrected chi connectivity index (χ0v) is 10.2. The molecule has 1 N–H and O–H groups in total. The van der Waals surface area contributed by atoms with Gasteiger partial charge in [0.2, 0.25) is 10.0 Å². The topological polar surface area (TPSA) is 60.9 Å². The molecule has 0 radical (unpaired) electrons. The van der Waals surface area contributed by atoms with Crippen molar-refractivity contribution in [3.8, 4) is 0 Å². The van der Waals surface area contributed by atoms with Crippen molar-refractivity contribution >= 4 is 10.0 Å². The van der Waals surface area contributed by atoms with Crippen LogP contribution in [0, 0.1) is 0 Å². The number of aliphatic hydroxyl groups excluding tert-OH is 1. The highest BCUT2D eigenvalue weighted by Gasteiger charge is 2.25. The number of aliphatic hydroxyl groups is 1. The molecule has 1 fully saturated rings.